The van der Waals surface area contributed by atoms with E-state index in [0.29, 0.717) is 5.56 Å². The van der Waals surface area contributed by atoms with Crippen molar-refractivity contribution in [3.8, 4) is 11.5 Å². The van der Waals surface area contributed by atoms with Crippen molar-refractivity contribution < 1.29 is 9.53 Å². The Kier molecular flexibility index (Phi) is 6.45. The monoisotopic (exact) mass is 400 g/mol. The summed E-state index contributed by atoms with van der Waals surface area (Å²) in [6, 6.07) is 25.0. The number of hydrogen-bond donors (Lipinski definition) is 1. The van der Waals surface area contributed by atoms with Gasteiger partial charge in [0, 0.05) is 24.3 Å². The van der Waals surface area contributed by atoms with E-state index in [0.717, 1.165) is 42.7 Å². The van der Waals surface area contributed by atoms with Gasteiger partial charge in [-0.3, -0.25) is 9.69 Å². The highest BCUT2D eigenvalue weighted by Gasteiger charge is 2.16. The lowest BCUT2D eigenvalue weighted by Gasteiger charge is -2.30. The van der Waals surface area contributed by atoms with E-state index in [1.54, 1.807) is 0 Å². The number of nitrogens with zero attached hydrogens (tertiary/aromatic N) is 1. The van der Waals surface area contributed by atoms with Gasteiger partial charge in [-0.2, -0.15) is 0 Å². The van der Waals surface area contributed by atoms with Crippen LogP contribution >= 0.6 is 0 Å². The molecule has 1 saturated heterocycles. The maximum Gasteiger partial charge on any atom is 0.255 e. The van der Waals surface area contributed by atoms with Crippen LogP contribution in [0.2, 0.25) is 0 Å². The number of anilines is 1. The zero-order valence-corrected chi connectivity index (χ0v) is 17.4. The summed E-state index contributed by atoms with van der Waals surface area (Å²) in [7, 11) is 0. The predicted molar refractivity (Wildman–Crippen MR) is 121 cm³/mol. The first-order chi connectivity index (χ1) is 14.7. The summed E-state index contributed by atoms with van der Waals surface area (Å²) in [5, 5.41) is 2.95. The van der Waals surface area contributed by atoms with Gasteiger partial charge < -0.3 is 10.1 Å². The molecule has 0 bridgehead atoms. The van der Waals surface area contributed by atoms with Gasteiger partial charge in [-0.15, -0.1) is 0 Å². The van der Waals surface area contributed by atoms with Crippen LogP contribution in [-0.2, 0) is 6.54 Å². The van der Waals surface area contributed by atoms with Crippen LogP contribution < -0.4 is 10.1 Å². The second-order valence-corrected chi connectivity index (χ2v) is 8.07. The Morgan fingerprint density at radius 3 is 2.37 bits per heavy atom. The number of likely N-dealkylation sites (tertiary alicyclic amines) is 1. The zero-order chi connectivity index (χ0) is 20.8. The minimum atomic E-state index is -0.107. The molecule has 0 spiro atoms. The molecule has 1 unspecified atom stereocenters. The van der Waals surface area contributed by atoms with Crippen molar-refractivity contribution >= 4 is 11.6 Å². The summed E-state index contributed by atoms with van der Waals surface area (Å²) in [5.74, 6) is 2.18. The number of carbonyl (C=O) groups excluding carboxylic acids is 1. The Morgan fingerprint density at radius 2 is 1.67 bits per heavy atom. The van der Waals surface area contributed by atoms with Crippen molar-refractivity contribution in [3.63, 3.8) is 0 Å². The second kappa shape index (κ2) is 9.59. The van der Waals surface area contributed by atoms with E-state index in [4.69, 9.17) is 4.74 Å². The van der Waals surface area contributed by atoms with Gasteiger partial charge in [0.2, 0.25) is 0 Å². The van der Waals surface area contributed by atoms with Crippen molar-refractivity contribution in [2.75, 3.05) is 18.4 Å². The molecule has 1 heterocycles. The minimum absolute atomic E-state index is 0.107. The zero-order valence-electron chi connectivity index (χ0n) is 17.4. The normalized spacial score (nSPS) is 16.8. The second-order valence-electron chi connectivity index (χ2n) is 8.07. The molecule has 1 aliphatic rings. The molecule has 0 radical (unpaired) electrons. The van der Waals surface area contributed by atoms with Gasteiger partial charge in [0.1, 0.15) is 11.5 Å². The van der Waals surface area contributed by atoms with Gasteiger partial charge in [0.25, 0.3) is 5.91 Å². The van der Waals surface area contributed by atoms with Crippen molar-refractivity contribution in [1.82, 2.24) is 4.90 Å². The molecule has 0 saturated carbocycles. The van der Waals surface area contributed by atoms with Crippen LogP contribution in [0.1, 0.15) is 35.7 Å². The van der Waals surface area contributed by atoms with Crippen LogP contribution in [0, 0.1) is 5.92 Å². The third-order valence-corrected chi connectivity index (χ3v) is 5.45. The average molecular weight is 401 g/mol. The van der Waals surface area contributed by atoms with Crippen LogP contribution in [0.25, 0.3) is 0 Å². The first kappa shape index (κ1) is 20.2. The van der Waals surface area contributed by atoms with Gasteiger partial charge in [-0.1, -0.05) is 37.3 Å². The molecule has 0 aliphatic carbocycles. The quantitative estimate of drug-likeness (QED) is 0.555. The molecule has 30 heavy (non-hydrogen) atoms. The molecule has 4 heteroatoms. The number of ether oxygens (including phenoxy) is 1. The maximum absolute atomic E-state index is 12.6. The fraction of sp³-hybridized carbons (Fsp3) is 0.269. The Bertz CT molecular complexity index is 953. The van der Waals surface area contributed by atoms with Crippen molar-refractivity contribution in [2.24, 2.45) is 5.92 Å². The lowest BCUT2D eigenvalue weighted by atomic mass is 9.99. The number of hydrogen-bond acceptors (Lipinski definition) is 3. The van der Waals surface area contributed by atoms with Gasteiger partial charge in [-0.05, 0) is 79.4 Å². The van der Waals surface area contributed by atoms with Gasteiger partial charge >= 0.3 is 0 Å². The fourth-order valence-corrected chi connectivity index (χ4v) is 3.88. The average Bonchev–Trinajstić information content (AvgIpc) is 2.76. The molecular formula is C26H28N2O2. The van der Waals surface area contributed by atoms with Crippen LogP contribution in [0.15, 0.2) is 78.9 Å². The molecule has 4 rings (SSSR count). The first-order valence-corrected chi connectivity index (χ1v) is 10.6. The molecular weight excluding hydrogens is 372 g/mol. The van der Waals surface area contributed by atoms with Crippen molar-refractivity contribution in [2.45, 2.75) is 26.3 Å². The lowest BCUT2D eigenvalue weighted by molar-refractivity contribution is 0.102. The van der Waals surface area contributed by atoms with Crippen molar-refractivity contribution in [1.29, 1.82) is 0 Å². The van der Waals surface area contributed by atoms with E-state index >= 15 is 0 Å². The number of rotatable bonds is 6. The Balaban J connectivity index is 1.32. The van der Waals surface area contributed by atoms with E-state index < -0.39 is 0 Å². The van der Waals surface area contributed by atoms with E-state index in [-0.39, 0.29) is 5.91 Å². The molecule has 154 valence electrons. The Morgan fingerprint density at radius 1 is 0.967 bits per heavy atom. The SMILES string of the molecule is CC1CCCN(Cc2ccc(C(=O)Nc3ccc(Oc4ccccc4)cc3)cc2)C1. The molecule has 1 atom stereocenters. The maximum atomic E-state index is 12.6. The van der Waals surface area contributed by atoms with E-state index in [1.807, 2.05) is 66.7 Å². The molecule has 1 fully saturated rings. The van der Waals surface area contributed by atoms with Crippen LogP contribution in [-0.4, -0.2) is 23.9 Å². The van der Waals surface area contributed by atoms with Crippen LogP contribution in [0.5, 0.6) is 11.5 Å². The highest BCUT2D eigenvalue weighted by atomic mass is 16.5. The summed E-state index contributed by atoms with van der Waals surface area (Å²) in [6.45, 7) is 5.60. The minimum Gasteiger partial charge on any atom is -0.457 e. The van der Waals surface area contributed by atoms with Gasteiger partial charge in [0.05, 0.1) is 0 Å². The molecule has 1 aliphatic heterocycles. The van der Waals surface area contributed by atoms with Crippen LogP contribution in [0.3, 0.4) is 0 Å². The first-order valence-electron chi connectivity index (χ1n) is 10.6. The summed E-state index contributed by atoms with van der Waals surface area (Å²) in [6.07, 6.45) is 2.60. The topological polar surface area (TPSA) is 41.6 Å². The van der Waals surface area contributed by atoms with Crippen molar-refractivity contribution in [3.05, 3.63) is 90.0 Å². The largest absolute Gasteiger partial charge is 0.457 e. The van der Waals surface area contributed by atoms with Crippen LogP contribution in [0.4, 0.5) is 5.69 Å². The number of piperidine rings is 1. The third kappa shape index (κ3) is 5.49. The number of para-hydroxylation sites is 1. The van der Waals surface area contributed by atoms with Gasteiger partial charge in [0.15, 0.2) is 0 Å². The van der Waals surface area contributed by atoms with E-state index in [1.165, 1.54) is 18.4 Å². The van der Waals surface area contributed by atoms with Gasteiger partial charge in [-0.25, -0.2) is 0 Å². The summed E-state index contributed by atoms with van der Waals surface area (Å²) in [5.41, 5.74) is 2.66. The standard InChI is InChI=1S/C26H28N2O2/c1-20-6-5-17-28(18-20)19-21-9-11-22(12-10-21)26(29)27-23-13-15-25(16-14-23)30-24-7-3-2-4-8-24/h2-4,7-16,20H,5-6,17-19H2,1H3,(H,27,29). The third-order valence-electron chi connectivity index (χ3n) is 5.45. The Hall–Kier alpha value is -3.11. The highest BCUT2D eigenvalue weighted by Crippen LogP contribution is 2.23. The summed E-state index contributed by atoms with van der Waals surface area (Å²) >= 11 is 0. The number of carbonyl (C=O) groups is 1. The molecule has 3 aromatic carbocycles. The van der Waals surface area contributed by atoms with E-state index in [2.05, 4.69) is 29.3 Å². The lowest BCUT2D eigenvalue weighted by Crippen LogP contribution is -2.33. The number of amides is 1. The Labute approximate surface area is 178 Å². The van der Waals surface area contributed by atoms with E-state index in [9.17, 15) is 4.79 Å². The summed E-state index contributed by atoms with van der Waals surface area (Å²) in [4.78, 5) is 15.1. The smallest absolute Gasteiger partial charge is 0.255 e. The molecule has 3 aromatic rings. The molecule has 0 aromatic heterocycles. The number of benzene rings is 3. The fourth-order valence-electron chi connectivity index (χ4n) is 3.88. The predicted octanol–water partition coefficient (Wildman–Crippen LogP) is 5.96. The molecule has 1 amide bonds. The highest BCUT2D eigenvalue weighted by molar-refractivity contribution is 6.04. The number of nitrogens with one attached hydrogen (secondary N) is 1. The molecule has 1 N–H and O–H groups in total. The molecule has 4 nitrogen and oxygen atoms in total. The summed E-state index contributed by atoms with van der Waals surface area (Å²) < 4.78 is 5.79.